The minimum atomic E-state index is -0.600. The average Bonchev–Trinajstić information content (AvgIpc) is 2.59. The van der Waals surface area contributed by atoms with Gasteiger partial charge in [0.25, 0.3) is 5.91 Å². The fourth-order valence-electron chi connectivity index (χ4n) is 2.14. The Morgan fingerprint density at radius 3 is 2.80 bits per heavy atom. The fraction of sp³-hybridized carbons (Fsp3) is 0.316. The van der Waals surface area contributed by atoms with Crippen molar-refractivity contribution in [3.05, 3.63) is 64.4 Å². The summed E-state index contributed by atoms with van der Waals surface area (Å²) in [4.78, 5) is 12.1. The smallest absolute Gasteiger partial charge is 0.260 e. The Hall–Kier alpha value is -1.72. The van der Waals surface area contributed by atoms with E-state index >= 15 is 0 Å². The van der Waals surface area contributed by atoms with Crippen molar-refractivity contribution in [3.63, 3.8) is 0 Å². The number of benzene rings is 2. The predicted molar refractivity (Wildman–Crippen MR) is 102 cm³/mol. The van der Waals surface area contributed by atoms with Gasteiger partial charge in [-0.2, -0.15) is 11.8 Å². The second kappa shape index (κ2) is 9.68. The molecule has 3 nitrogen and oxygen atoms in total. The van der Waals surface area contributed by atoms with Crippen LogP contribution in [-0.4, -0.2) is 24.3 Å². The van der Waals surface area contributed by atoms with Crippen LogP contribution in [0.25, 0.3) is 0 Å². The number of carbonyl (C=O) groups is 1. The summed E-state index contributed by atoms with van der Waals surface area (Å²) < 4.78 is 19.1. The molecule has 0 radical (unpaired) electrons. The predicted octanol–water partition coefficient (Wildman–Crippen LogP) is 4.60. The van der Waals surface area contributed by atoms with Gasteiger partial charge in [0.05, 0.1) is 0 Å². The fourth-order valence-corrected chi connectivity index (χ4v) is 3.10. The normalized spacial score (nSPS) is 11.8. The molecule has 1 unspecified atom stereocenters. The summed E-state index contributed by atoms with van der Waals surface area (Å²) in [5, 5.41) is 3.49. The SMILES string of the molecule is Cc1cc(OC(C)C(=O)NCCSCc2ccccc2F)ccc1Cl. The lowest BCUT2D eigenvalue weighted by Gasteiger charge is -2.15. The molecule has 1 N–H and O–H groups in total. The van der Waals surface area contributed by atoms with Crippen LogP contribution in [0.3, 0.4) is 0 Å². The van der Waals surface area contributed by atoms with E-state index in [1.54, 1.807) is 49.0 Å². The molecule has 2 aromatic carbocycles. The Balaban J connectivity index is 1.69. The van der Waals surface area contributed by atoms with E-state index in [0.717, 1.165) is 5.56 Å². The number of amides is 1. The van der Waals surface area contributed by atoms with Crippen LogP contribution in [-0.2, 0) is 10.5 Å². The highest BCUT2D eigenvalue weighted by molar-refractivity contribution is 7.98. The Labute approximate surface area is 156 Å². The van der Waals surface area contributed by atoms with E-state index in [1.807, 2.05) is 13.0 Å². The number of rotatable bonds is 8. The van der Waals surface area contributed by atoms with Crippen LogP contribution in [0.4, 0.5) is 4.39 Å². The molecule has 0 fully saturated rings. The molecule has 0 spiro atoms. The molecule has 0 aliphatic heterocycles. The number of aryl methyl sites for hydroxylation is 1. The molecule has 0 aliphatic rings. The van der Waals surface area contributed by atoms with Crippen LogP contribution < -0.4 is 10.1 Å². The number of thioether (sulfide) groups is 1. The molecule has 2 aromatic rings. The standard InChI is InChI=1S/C19H21ClFNO2S/c1-13-11-16(7-8-17(13)20)24-14(2)19(23)22-9-10-25-12-15-5-3-4-6-18(15)21/h3-8,11,14H,9-10,12H2,1-2H3,(H,22,23). The zero-order chi connectivity index (χ0) is 18.2. The third kappa shape index (κ3) is 6.25. The summed E-state index contributed by atoms with van der Waals surface area (Å²) in [6, 6.07) is 12.0. The van der Waals surface area contributed by atoms with Gasteiger partial charge in [0.1, 0.15) is 11.6 Å². The molecule has 0 heterocycles. The maximum atomic E-state index is 13.5. The van der Waals surface area contributed by atoms with Crippen LogP contribution in [0, 0.1) is 12.7 Å². The van der Waals surface area contributed by atoms with Crippen molar-refractivity contribution in [2.75, 3.05) is 12.3 Å². The summed E-state index contributed by atoms with van der Waals surface area (Å²) in [6.45, 7) is 4.09. The highest BCUT2D eigenvalue weighted by Crippen LogP contribution is 2.22. The summed E-state index contributed by atoms with van der Waals surface area (Å²) in [5.41, 5.74) is 1.57. The van der Waals surface area contributed by atoms with Gasteiger partial charge in [-0.15, -0.1) is 0 Å². The van der Waals surface area contributed by atoms with Crippen molar-refractivity contribution >= 4 is 29.3 Å². The van der Waals surface area contributed by atoms with Gasteiger partial charge >= 0.3 is 0 Å². The van der Waals surface area contributed by atoms with Crippen LogP contribution in [0.2, 0.25) is 5.02 Å². The molecular formula is C19H21ClFNO2S. The summed E-state index contributed by atoms with van der Waals surface area (Å²) in [7, 11) is 0. The molecule has 0 bridgehead atoms. The number of carbonyl (C=O) groups excluding carboxylic acids is 1. The van der Waals surface area contributed by atoms with Crippen molar-refractivity contribution in [2.24, 2.45) is 0 Å². The minimum Gasteiger partial charge on any atom is -0.481 e. The van der Waals surface area contributed by atoms with Crippen molar-refractivity contribution in [1.29, 1.82) is 0 Å². The van der Waals surface area contributed by atoms with Crippen molar-refractivity contribution in [1.82, 2.24) is 5.32 Å². The third-order valence-corrected chi connectivity index (χ3v) is 5.00. The number of hydrogen-bond acceptors (Lipinski definition) is 3. The second-order valence-electron chi connectivity index (χ2n) is 5.61. The van der Waals surface area contributed by atoms with Gasteiger partial charge in [0.15, 0.2) is 6.10 Å². The maximum Gasteiger partial charge on any atom is 0.260 e. The van der Waals surface area contributed by atoms with Gasteiger partial charge in [-0.3, -0.25) is 4.79 Å². The van der Waals surface area contributed by atoms with E-state index in [4.69, 9.17) is 16.3 Å². The van der Waals surface area contributed by atoms with Crippen LogP contribution >= 0.6 is 23.4 Å². The Kier molecular flexibility index (Phi) is 7.59. The average molecular weight is 382 g/mol. The Bertz CT molecular complexity index is 726. The van der Waals surface area contributed by atoms with Crippen molar-refractivity contribution in [3.8, 4) is 5.75 Å². The van der Waals surface area contributed by atoms with Gasteiger partial charge in [0.2, 0.25) is 0 Å². The summed E-state index contributed by atoms with van der Waals surface area (Å²) >= 11 is 7.54. The lowest BCUT2D eigenvalue weighted by Crippen LogP contribution is -2.37. The minimum absolute atomic E-state index is 0.181. The first-order valence-electron chi connectivity index (χ1n) is 7.99. The van der Waals surface area contributed by atoms with Crippen LogP contribution in [0.15, 0.2) is 42.5 Å². The lowest BCUT2D eigenvalue weighted by molar-refractivity contribution is -0.127. The molecule has 1 amide bonds. The van der Waals surface area contributed by atoms with Gasteiger partial charge < -0.3 is 10.1 Å². The molecule has 134 valence electrons. The van der Waals surface area contributed by atoms with Crippen molar-refractivity contribution in [2.45, 2.75) is 25.7 Å². The molecule has 6 heteroatoms. The summed E-state index contributed by atoms with van der Waals surface area (Å²) in [6.07, 6.45) is -0.600. The molecule has 0 saturated carbocycles. The van der Waals surface area contributed by atoms with Gasteiger partial charge in [-0.25, -0.2) is 4.39 Å². The van der Waals surface area contributed by atoms with Crippen LogP contribution in [0.1, 0.15) is 18.1 Å². The van der Waals surface area contributed by atoms with Gasteiger partial charge in [0, 0.05) is 23.1 Å². The largest absolute Gasteiger partial charge is 0.481 e. The van der Waals surface area contributed by atoms with E-state index in [9.17, 15) is 9.18 Å². The molecule has 25 heavy (non-hydrogen) atoms. The van der Waals surface area contributed by atoms with Crippen molar-refractivity contribution < 1.29 is 13.9 Å². The van der Waals surface area contributed by atoms with Gasteiger partial charge in [-0.1, -0.05) is 29.8 Å². The highest BCUT2D eigenvalue weighted by atomic mass is 35.5. The first-order chi connectivity index (χ1) is 12.0. The highest BCUT2D eigenvalue weighted by Gasteiger charge is 2.14. The van der Waals surface area contributed by atoms with E-state index in [2.05, 4.69) is 5.32 Å². The number of hydrogen-bond donors (Lipinski definition) is 1. The maximum absolute atomic E-state index is 13.5. The molecule has 0 aliphatic carbocycles. The molecule has 1 atom stereocenters. The van der Waals surface area contributed by atoms with Crippen LogP contribution in [0.5, 0.6) is 5.75 Å². The third-order valence-electron chi connectivity index (χ3n) is 3.57. The number of ether oxygens (including phenoxy) is 1. The molecule has 2 rings (SSSR count). The zero-order valence-corrected chi connectivity index (χ0v) is 15.8. The summed E-state index contributed by atoms with van der Waals surface area (Å²) in [5.74, 6) is 1.52. The van der Waals surface area contributed by atoms with E-state index in [1.165, 1.54) is 6.07 Å². The lowest BCUT2D eigenvalue weighted by atomic mass is 10.2. The topological polar surface area (TPSA) is 38.3 Å². The van der Waals surface area contributed by atoms with E-state index < -0.39 is 6.10 Å². The van der Waals surface area contributed by atoms with Gasteiger partial charge in [-0.05, 0) is 49.2 Å². The molecule has 0 aromatic heterocycles. The van der Waals surface area contributed by atoms with E-state index in [0.29, 0.717) is 34.4 Å². The Morgan fingerprint density at radius 2 is 2.08 bits per heavy atom. The monoisotopic (exact) mass is 381 g/mol. The quantitative estimate of drug-likeness (QED) is 0.679. The number of halogens is 2. The van der Waals surface area contributed by atoms with E-state index in [-0.39, 0.29) is 11.7 Å². The first kappa shape index (κ1) is 19.6. The number of nitrogens with one attached hydrogen (secondary N) is 1. The zero-order valence-electron chi connectivity index (χ0n) is 14.2. The Morgan fingerprint density at radius 1 is 1.32 bits per heavy atom. The first-order valence-corrected chi connectivity index (χ1v) is 9.52. The molecular weight excluding hydrogens is 361 g/mol. The second-order valence-corrected chi connectivity index (χ2v) is 7.12. The molecule has 0 saturated heterocycles.